The van der Waals surface area contributed by atoms with Gasteiger partial charge in [-0.1, -0.05) is 55.4 Å². The monoisotopic (exact) mass is 466 g/mol. The maximum atomic E-state index is 12.5. The van der Waals surface area contributed by atoms with Gasteiger partial charge in [-0.2, -0.15) is 8.42 Å². The van der Waals surface area contributed by atoms with Crippen LogP contribution in [0.2, 0.25) is 0 Å². The number of fused-ring (bicyclic) bond motifs is 1. The van der Waals surface area contributed by atoms with Gasteiger partial charge in [0.05, 0.1) is 10.7 Å². The molecule has 1 N–H and O–H groups in total. The van der Waals surface area contributed by atoms with E-state index in [1.54, 1.807) is 6.08 Å². The third-order valence-corrected chi connectivity index (χ3v) is 8.37. The van der Waals surface area contributed by atoms with Crippen molar-refractivity contribution in [1.82, 2.24) is 4.90 Å². The highest BCUT2D eigenvalue weighted by molar-refractivity contribution is 8.26. The van der Waals surface area contributed by atoms with Crippen molar-refractivity contribution < 1.29 is 17.8 Å². The molecule has 162 valence electrons. The number of thiocarbonyl (C=S) groups is 1. The van der Waals surface area contributed by atoms with Crippen LogP contribution in [0.1, 0.15) is 37.7 Å². The van der Waals surface area contributed by atoms with E-state index in [0.29, 0.717) is 9.23 Å². The molecule has 1 aromatic rings. The molecule has 2 unspecified atom stereocenters. The average molecular weight is 467 g/mol. The molecule has 2 heterocycles. The van der Waals surface area contributed by atoms with E-state index in [2.05, 4.69) is 17.0 Å². The van der Waals surface area contributed by atoms with Crippen LogP contribution in [0.3, 0.4) is 0 Å². The molecule has 6 nitrogen and oxygen atoms in total. The summed E-state index contributed by atoms with van der Waals surface area (Å²) < 4.78 is 31.1. The van der Waals surface area contributed by atoms with Gasteiger partial charge in [0.2, 0.25) is 0 Å². The summed E-state index contributed by atoms with van der Waals surface area (Å²) >= 11 is 6.35. The molecule has 0 spiro atoms. The van der Waals surface area contributed by atoms with Gasteiger partial charge in [-0.05, 0) is 48.4 Å². The number of carbonyl (C=O) groups is 1. The van der Waals surface area contributed by atoms with Crippen molar-refractivity contribution in [3.8, 4) is 0 Å². The predicted octanol–water partition coefficient (Wildman–Crippen LogP) is 3.79. The highest BCUT2D eigenvalue weighted by atomic mass is 32.2. The van der Waals surface area contributed by atoms with Gasteiger partial charge in [0.1, 0.15) is 4.32 Å². The molecule has 1 aromatic carbocycles. The average Bonchev–Trinajstić information content (AvgIpc) is 2.98. The van der Waals surface area contributed by atoms with Crippen LogP contribution in [-0.2, 0) is 14.9 Å². The van der Waals surface area contributed by atoms with E-state index in [-0.39, 0.29) is 12.5 Å². The molecule has 1 saturated carbocycles. The van der Waals surface area contributed by atoms with Crippen LogP contribution < -0.4 is 4.90 Å². The Hall–Kier alpha value is -1.42. The number of amides is 1. The molecule has 2 atom stereocenters. The third-order valence-electron chi connectivity index (χ3n) is 6.29. The van der Waals surface area contributed by atoms with Gasteiger partial charge in [-0.3, -0.25) is 14.2 Å². The Balaban J connectivity index is 1.41. The fourth-order valence-corrected chi connectivity index (χ4v) is 6.39. The zero-order valence-electron chi connectivity index (χ0n) is 16.7. The van der Waals surface area contributed by atoms with Crippen LogP contribution in [0.25, 0.3) is 6.08 Å². The minimum absolute atomic E-state index is 0.142. The number of anilines is 1. The zero-order valence-corrected chi connectivity index (χ0v) is 19.1. The summed E-state index contributed by atoms with van der Waals surface area (Å²) in [5.41, 5.74) is 2.12. The normalized spacial score (nSPS) is 26.4. The number of rotatable bonds is 5. The van der Waals surface area contributed by atoms with Crippen molar-refractivity contribution in [3.63, 3.8) is 0 Å². The molecule has 30 heavy (non-hydrogen) atoms. The maximum Gasteiger partial charge on any atom is 0.266 e. The first-order valence-electron chi connectivity index (χ1n) is 10.4. The fraction of sp³-hybridized carbons (Fsp3) is 0.524. The summed E-state index contributed by atoms with van der Waals surface area (Å²) in [7, 11) is -4.14. The van der Waals surface area contributed by atoms with E-state index in [1.165, 1.54) is 42.7 Å². The molecule has 0 aromatic heterocycles. The number of carbonyl (C=O) groups excluding carboxylic acids is 1. The first-order valence-corrected chi connectivity index (χ1v) is 13.2. The molecular formula is C21H26N2O4S3. The minimum Gasteiger partial charge on any atom is -0.371 e. The van der Waals surface area contributed by atoms with E-state index >= 15 is 0 Å². The van der Waals surface area contributed by atoms with Crippen LogP contribution in [0.4, 0.5) is 5.69 Å². The Kier molecular flexibility index (Phi) is 6.53. The summed E-state index contributed by atoms with van der Waals surface area (Å²) in [5.74, 6) is 0.865. The largest absolute Gasteiger partial charge is 0.371 e. The molecule has 0 bridgehead atoms. The lowest BCUT2D eigenvalue weighted by Gasteiger charge is -2.42. The van der Waals surface area contributed by atoms with E-state index in [9.17, 15) is 13.2 Å². The molecule has 3 aliphatic rings. The maximum absolute atomic E-state index is 12.5. The number of thioether (sulfide) groups is 1. The van der Waals surface area contributed by atoms with Crippen LogP contribution in [0.5, 0.6) is 0 Å². The van der Waals surface area contributed by atoms with Gasteiger partial charge in [0.25, 0.3) is 16.0 Å². The Bertz CT molecular complexity index is 959. The molecule has 3 fully saturated rings. The molecule has 1 amide bonds. The smallest absolute Gasteiger partial charge is 0.266 e. The van der Waals surface area contributed by atoms with Crippen LogP contribution >= 0.6 is 24.0 Å². The number of hydrogen-bond acceptors (Lipinski definition) is 6. The van der Waals surface area contributed by atoms with Crippen molar-refractivity contribution >= 4 is 56.1 Å². The lowest BCUT2D eigenvalue weighted by molar-refractivity contribution is -0.121. The molecule has 2 saturated heterocycles. The van der Waals surface area contributed by atoms with Crippen molar-refractivity contribution in [2.45, 2.75) is 32.1 Å². The van der Waals surface area contributed by atoms with E-state index < -0.39 is 15.9 Å². The van der Waals surface area contributed by atoms with Crippen molar-refractivity contribution in [2.75, 3.05) is 30.3 Å². The van der Waals surface area contributed by atoms with Crippen molar-refractivity contribution in [1.29, 1.82) is 0 Å². The van der Waals surface area contributed by atoms with Gasteiger partial charge in [0, 0.05) is 25.3 Å². The Morgan fingerprint density at radius 1 is 1.13 bits per heavy atom. The van der Waals surface area contributed by atoms with Gasteiger partial charge >= 0.3 is 0 Å². The Labute approximate surface area is 187 Å². The second kappa shape index (κ2) is 8.98. The number of hydrogen-bond donors (Lipinski definition) is 1. The zero-order chi connectivity index (χ0) is 21.3. The Morgan fingerprint density at radius 3 is 2.53 bits per heavy atom. The third kappa shape index (κ3) is 5.07. The fourth-order valence-electron chi connectivity index (χ4n) is 4.67. The van der Waals surface area contributed by atoms with Gasteiger partial charge in [0.15, 0.2) is 0 Å². The van der Waals surface area contributed by atoms with Crippen LogP contribution in [-0.4, -0.2) is 53.5 Å². The van der Waals surface area contributed by atoms with Gasteiger partial charge in [-0.25, -0.2) is 0 Å². The topological polar surface area (TPSA) is 77.9 Å². The van der Waals surface area contributed by atoms with E-state index in [0.717, 1.165) is 42.3 Å². The molecule has 0 radical (unpaired) electrons. The number of nitrogens with zero attached hydrogens (tertiary/aromatic N) is 2. The summed E-state index contributed by atoms with van der Waals surface area (Å²) in [5, 5.41) is 0. The van der Waals surface area contributed by atoms with Gasteiger partial charge < -0.3 is 4.90 Å². The summed E-state index contributed by atoms with van der Waals surface area (Å²) in [6, 6.07) is 8.22. The molecular weight excluding hydrogens is 440 g/mol. The standard InChI is InChI=1S/C21H26N2O4S3/c24-20-19(29-21(28)23(20)11-12-30(25,26)27)13-15-5-7-18(8-6-15)22-10-9-16-3-1-2-4-17(16)14-22/h5-8,13,16-17H,1-4,9-12,14H2,(H,25,26,27). The molecule has 1 aliphatic carbocycles. The summed E-state index contributed by atoms with van der Waals surface area (Å²) in [6.45, 7) is 2.10. The molecule has 9 heteroatoms. The van der Waals surface area contributed by atoms with E-state index in [1.807, 2.05) is 12.1 Å². The van der Waals surface area contributed by atoms with Crippen LogP contribution in [0.15, 0.2) is 29.2 Å². The number of piperidine rings is 1. The van der Waals surface area contributed by atoms with Crippen molar-refractivity contribution in [2.24, 2.45) is 11.8 Å². The summed E-state index contributed by atoms with van der Waals surface area (Å²) in [6.07, 6.45) is 8.54. The van der Waals surface area contributed by atoms with Crippen LogP contribution in [0, 0.1) is 11.8 Å². The highest BCUT2D eigenvalue weighted by Gasteiger charge is 2.33. The second-order valence-corrected chi connectivity index (χ2v) is 11.5. The second-order valence-electron chi connectivity index (χ2n) is 8.25. The lowest BCUT2D eigenvalue weighted by atomic mass is 9.75. The molecule has 4 rings (SSSR count). The quantitative estimate of drug-likeness (QED) is 0.402. The Morgan fingerprint density at radius 2 is 1.83 bits per heavy atom. The summed E-state index contributed by atoms with van der Waals surface area (Å²) in [4.78, 5) is 16.7. The van der Waals surface area contributed by atoms with E-state index in [4.69, 9.17) is 16.8 Å². The first-order chi connectivity index (χ1) is 14.3. The SMILES string of the molecule is O=C1C(=Cc2ccc(N3CCC4CCCCC4C3)cc2)SC(=S)N1CCS(=O)(=O)O. The number of benzene rings is 1. The lowest BCUT2D eigenvalue weighted by Crippen LogP contribution is -2.41. The van der Waals surface area contributed by atoms with Crippen molar-refractivity contribution in [3.05, 3.63) is 34.7 Å². The predicted molar refractivity (Wildman–Crippen MR) is 125 cm³/mol. The molecule has 2 aliphatic heterocycles. The first kappa shape index (κ1) is 21.8. The highest BCUT2D eigenvalue weighted by Crippen LogP contribution is 2.38. The minimum atomic E-state index is -4.14. The van der Waals surface area contributed by atoms with Gasteiger partial charge in [-0.15, -0.1) is 0 Å².